The van der Waals surface area contributed by atoms with E-state index in [4.69, 9.17) is 23.2 Å². The molecule has 1 aromatic heterocycles. The van der Waals surface area contributed by atoms with Gasteiger partial charge in [0, 0.05) is 42.6 Å². The van der Waals surface area contributed by atoms with Crippen LogP contribution in [0.5, 0.6) is 0 Å². The van der Waals surface area contributed by atoms with Crippen LogP contribution in [0.1, 0.15) is 24.9 Å². The number of nitrogens with zero attached hydrogens (tertiary/aromatic N) is 3. The summed E-state index contributed by atoms with van der Waals surface area (Å²) in [5.74, 6) is 0.740. The van der Waals surface area contributed by atoms with Gasteiger partial charge in [0.05, 0.1) is 6.04 Å². The van der Waals surface area contributed by atoms with Crippen LogP contribution in [0.2, 0.25) is 10.0 Å². The lowest BCUT2D eigenvalue weighted by Crippen LogP contribution is -2.39. The fraction of sp³-hybridized carbons (Fsp3) is 0.375. The average molecular weight is 354 g/mol. The molecule has 0 fully saturated rings. The molecule has 1 heterocycles. The molecule has 0 aliphatic rings. The van der Waals surface area contributed by atoms with Gasteiger partial charge >= 0.3 is 0 Å². The molecule has 0 spiro atoms. The number of aliphatic imine (C=N–C) groups is 1. The number of guanidine groups is 1. The lowest BCUT2D eigenvalue weighted by molar-refractivity contribution is 0.567. The van der Waals surface area contributed by atoms with Gasteiger partial charge in [-0.3, -0.25) is 9.67 Å². The molecule has 2 N–H and O–H groups in total. The van der Waals surface area contributed by atoms with E-state index in [1.54, 1.807) is 19.3 Å². The van der Waals surface area contributed by atoms with E-state index in [1.165, 1.54) is 0 Å². The van der Waals surface area contributed by atoms with Crippen molar-refractivity contribution in [1.82, 2.24) is 20.4 Å². The maximum Gasteiger partial charge on any atom is 0.191 e. The molecule has 0 saturated heterocycles. The van der Waals surface area contributed by atoms with Gasteiger partial charge in [0.15, 0.2) is 5.96 Å². The highest BCUT2D eigenvalue weighted by Crippen LogP contribution is 2.25. The minimum Gasteiger partial charge on any atom is -0.356 e. The van der Waals surface area contributed by atoms with Gasteiger partial charge in [-0.15, -0.1) is 0 Å². The summed E-state index contributed by atoms with van der Waals surface area (Å²) in [6, 6.07) is 7.45. The Kier molecular flexibility index (Phi) is 6.74. The van der Waals surface area contributed by atoms with Crippen LogP contribution >= 0.6 is 23.2 Å². The monoisotopic (exact) mass is 353 g/mol. The number of aromatic nitrogens is 2. The van der Waals surface area contributed by atoms with E-state index in [-0.39, 0.29) is 6.04 Å². The van der Waals surface area contributed by atoms with E-state index in [2.05, 4.69) is 20.7 Å². The van der Waals surface area contributed by atoms with Gasteiger partial charge < -0.3 is 10.6 Å². The zero-order chi connectivity index (χ0) is 16.7. The smallest absolute Gasteiger partial charge is 0.191 e. The highest BCUT2D eigenvalue weighted by molar-refractivity contribution is 6.35. The van der Waals surface area contributed by atoms with Gasteiger partial charge in [-0.1, -0.05) is 29.3 Å². The molecule has 23 heavy (non-hydrogen) atoms. The summed E-state index contributed by atoms with van der Waals surface area (Å²) in [5.41, 5.74) is 0.982. The van der Waals surface area contributed by atoms with Gasteiger partial charge in [-0.2, -0.15) is 5.10 Å². The third kappa shape index (κ3) is 5.44. The van der Waals surface area contributed by atoms with Gasteiger partial charge in [-0.25, -0.2) is 0 Å². The molecule has 1 atom stereocenters. The van der Waals surface area contributed by atoms with Gasteiger partial charge in [0.1, 0.15) is 0 Å². The molecule has 2 aromatic rings. The van der Waals surface area contributed by atoms with Crippen molar-refractivity contribution in [3.05, 3.63) is 52.3 Å². The van der Waals surface area contributed by atoms with Crippen molar-refractivity contribution in [3.63, 3.8) is 0 Å². The number of nitrogens with one attached hydrogen (secondary N) is 2. The first-order valence-electron chi connectivity index (χ1n) is 7.49. The molecule has 5 nitrogen and oxygen atoms in total. The number of halogens is 2. The van der Waals surface area contributed by atoms with Crippen molar-refractivity contribution in [1.29, 1.82) is 0 Å². The number of hydrogen-bond donors (Lipinski definition) is 2. The fourth-order valence-corrected chi connectivity index (χ4v) is 2.78. The molecule has 124 valence electrons. The number of benzene rings is 1. The van der Waals surface area contributed by atoms with E-state index in [0.717, 1.165) is 31.0 Å². The summed E-state index contributed by atoms with van der Waals surface area (Å²) < 4.78 is 1.91. The summed E-state index contributed by atoms with van der Waals surface area (Å²) in [6.45, 7) is 3.71. The molecule has 2 rings (SSSR count). The molecule has 0 radical (unpaired) electrons. The lowest BCUT2D eigenvalue weighted by atomic mass is 10.1. The first-order chi connectivity index (χ1) is 11.1. The third-order valence-corrected chi connectivity index (χ3v) is 3.98. The molecule has 0 bridgehead atoms. The summed E-state index contributed by atoms with van der Waals surface area (Å²) in [6.07, 6.45) is 4.70. The van der Waals surface area contributed by atoms with E-state index in [9.17, 15) is 0 Å². The highest BCUT2D eigenvalue weighted by atomic mass is 35.5. The SMILES string of the molecule is CN=C(NCCCn1cccn1)NC(C)c1ccc(Cl)cc1Cl. The Hall–Kier alpha value is -1.72. The van der Waals surface area contributed by atoms with E-state index in [0.29, 0.717) is 10.0 Å². The topological polar surface area (TPSA) is 54.2 Å². The highest BCUT2D eigenvalue weighted by Gasteiger charge is 2.11. The molecular weight excluding hydrogens is 333 g/mol. The Morgan fingerprint density at radius 1 is 1.39 bits per heavy atom. The van der Waals surface area contributed by atoms with Crippen LogP contribution in [-0.2, 0) is 6.54 Å². The fourth-order valence-electron chi connectivity index (χ4n) is 2.21. The lowest BCUT2D eigenvalue weighted by Gasteiger charge is -2.19. The number of rotatable bonds is 6. The third-order valence-electron chi connectivity index (χ3n) is 3.42. The van der Waals surface area contributed by atoms with Crippen molar-refractivity contribution in [2.75, 3.05) is 13.6 Å². The Morgan fingerprint density at radius 2 is 2.22 bits per heavy atom. The molecular formula is C16H21Cl2N5. The maximum atomic E-state index is 6.24. The van der Waals surface area contributed by atoms with Crippen molar-refractivity contribution in [3.8, 4) is 0 Å². The molecule has 1 aromatic carbocycles. The van der Waals surface area contributed by atoms with Crippen LogP contribution in [0.4, 0.5) is 0 Å². The van der Waals surface area contributed by atoms with Crippen molar-refractivity contribution in [2.45, 2.75) is 25.9 Å². The Bertz CT molecular complexity index is 640. The average Bonchev–Trinajstić information content (AvgIpc) is 3.03. The summed E-state index contributed by atoms with van der Waals surface area (Å²) in [7, 11) is 1.75. The van der Waals surface area contributed by atoms with Crippen LogP contribution in [0.3, 0.4) is 0 Å². The minimum atomic E-state index is 0.0251. The molecule has 1 unspecified atom stereocenters. The quantitative estimate of drug-likeness (QED) is 0.474. The zero-order valence-electron chi connectivity index (χ0n) is 13.3. The minimum absolute atomic E-state index is 0.0251. The standard InChI is InChI=1S/C16H21Cl2N5/c1-12(14-6-5-13(17)11-15(14)18)22-16(19-2)20-7-3-9-23-10-4-8-21-23/h4-6,8,10-12H,3,7,9H2,1-2H3,(H2,19,20,22). The Morgan fingerprint density at radius 3 is 2.87 bits per heavy atom. The van der Waals surface area contributed by atoms with Crippen molar-refractivity contribution < 1.29 is 0 Å². The molecule has 0 saturated carbocycles. The molecule has 7 heteroatoms. The van der Waals surface area contributed by atoms with Gasteiger partial charge in [0.2, 0.25) is 0 Å². The summed E-state index contributed by atoms with van der Waals surface area (Å²) >= 11 is 12.2. The summed E-state index contributed by atoms with van der Waals surface area (Å²) in [5, 5.41) is 12.1. The van der Waals surface area contributed by atoms with Crippen LogP contribution in [0.25, 0.3) is 0 Å². The first-order valence-corrected chi connectivity index (χ1v) is 8.25. The van der Waals surface area contributed by atoms with Gasteiger partial charge in [-0.05, 0) is 37.1 Å². The summed E-state index contributed by atoms with van der Waals surface area (Å²) in [4.78, 5) is 4.24. The molecule has 0 aliphatic carbocycles. The second-order valence-corrected chi connectivity index (χ2v) is 6.00. The number of aryl methyl sites for hydroxylation is 1. The second-order valence-electron chi connectivity index (χ2n) is 5.15. The number of hydrogen-bond acceptors (Lipinski definition) is 2. The van der Waals surface area contributed by atoms with Crippen LogP contribution < -0.4 is 10.6 Å². The van der Waals surface area contributed by atoms with E-state index in [1.807, 2.05) is 36.0 Å². The predicted octanol–water partition coefficient (Wildman–Crippen LogP) is 3.51. The first kappa shape index (κ1) is 17.6. The van der Waals surface area contributed by atoms with Gasteiger partial charge in [0.25, 0.3) is 0 Å². The normalized spacial score (nSPS) is 13.0. The van der Waals surface area contributed by atoms with Crippen LogP contribution in [0, 0.1) is 0 Å². The predicted molar refractivity (Wildman–Crippen MR) is 96.2 cm³/mol. The van der Waals surface area contributed by atoms with Crippen molar-refractivity contribution >= 4 is 29.2 Å². The van der Waals surface area contributed by atoms with Crippen LogP contribution in [0.15, 0.2) is 41.7 Å². The van der Waals surface area contributed by atoms with E-state index < -0.39 is 0 Å². The van der Waals surface area contributed by atoms with Crippen molar-refractivity contribution in [2.24, 2.45) is 4.99 Å². The molecule has 0 amide bonds. The maximum absolute atomic E-state index is 6.24. The Labute approximate surface area is 146 Å². The molecule has 0 aliphatic heterocycles. The second kappa shape index (κ2) is 8.79. The zero-order valence-corrected chi connectivity index (χ0v) is 14.8. The van der Waals surface area contributed by atoms with E-state index >= 15 is 0 Å². The Balaban J connectivity index is 1.81. The largest absolute Gasteiger partial charge is 0.356 e. The van der Waals surface area contributed by atoms with Crippen LogP contribution in [-0.4, -0.2) is 29.3 Å².